The summed E-state index contributed by atoms with van der Waals surface area (Å²) in [6.45, 7) is 4.57. The third kappa shape index (κ3) is 3.09. The molecule has 1 unspecified atom stereocenters. The minimum Gasteiger partial charge on any atom is -0.467 e. The van der Waals surface area contributed by atoms with E-state index in [2.05, 4.69) is 9.72 Å². The molecule has 0 N–H and O–H groups in total. The van der Waals surface area contributed by atoms with E-state index in [0.717, 1.165) is 0 Å². The fraction of sp³-hybridized carbons (Fsp3) is 0.667. The first-order valence-electron chi connectivity index (χ1n) is 6.63. The zero-order valence-corrected chi connectivity index (χ0v) is 13.1. The number of hydrogen-bond donors (Lipinski definition) is 0. The zero-order chi connectivity index (χ0) is 15.6. The Labute approximate surface area is 123 Å². The normalized spacial score (nSPS) is 20.4. The SMILES string of the molecule is CCn1cc(S(=O)(=O)N2CCOC(C(=O)OC)C2)nc1C. The molecule has 1 atom stereocenters. The maximum Gasteiger partial charge on any atom is 0.336 e. The van der Waals surface area contributed by atoms with Gasteiger partial charge in [0.1, 0.15) is 5.82 Å². The summed E-state index contributed by atoms with van der Waals surface area (Å²) in [6.07, 6.45) is 0.612. The Kier molecular flexibility index (Phi) is 4.64. The van der Waals surface area contributed by atoms with E-state index in [1.807, 2.05) is 6.92 Å². The van der Waals surface area contributed by atoms with Crippen molar-refractivity contribution in [3.05, 3.63) is 12.0 Å². The molecule has 0 radical (unpaired) electrons. The van der Waals surface area contributed by atoms with Crippen molar-refractivity contribution in [1.82, 2.24) is 13.9 Å². The summed E-state index contributed by atoms with van der Waals surface area (Å²) in [6, 6.07) is 0. The van der Waals surface area contributed by atoms with E-state index in [4.69, 9.17) is 4.74 Å². The topological polar surface area (TPSA) is 90.7 Å². The largest absolute Gasteiger partial charge is 0.467 e. The van der Waals surface area contributed by atoms with Gasteiger partial charge in [0.25, 0.3) is 10.0 Å². The molecule has 2 heterocycles. The Hall–Kier alpha value is -1.45. The molecule has 1 aromatic heterocycles. The van der Waals surface area contributed by atoms with Crippen LogP contribution in [-0.2, 0) is 30.8 Å². The van der Waals surface area contributed by atoms with Gasteiger partial charge < -0.3 is 14.0 Å². The first-order chi connectivity index (χ1) is 9.90. The van der Waals surface area contributed by atoms with Crippen molar-refractivity contribution in [3.63, 3.8) is 0 Å². The van der Waals surface area contributed by atoms with Crippen LogP contribution in [0.1, 0.15) is 12.7 Å². The number of methoxy groups -OCH3 is 1. The number of ether oxygens (including phenoxy) is 2. The van der Waals surface area contributed by atoms with E-state index in [0.29, 0.717) is 12.4 Å². The van der Waals surface area contributed by atoms with Gasteiger partial charge in [0.05, 0.1) is 20.3 Å². The van der Waals surface area contributed by atoms with Crippen LogP contribution in [0.4, 0.5) is 0 Å². The maximum atomic E-state index is 12.6. The van der Waals surface area contributed by atoms with Crippen LogP contribution in [0, 0.1) is 6.92 Å². The van der Waals surface area contributed by atoms with Gasteiger partial charge in [-0.05, 0) is 13.8 Å². The number of carbonyl (C=O) groups is 1. The number of aryl methyl sites for hydroxylation is 2. The molecule has 0 saturated carbocycles. The lowest BCUT2D eigenvalue weighted by atomic mass is 10.3. The highest BCUT2D eigenvalue weighted by atomic mass is 32.2. The molecule has 0 amide bonds. The molecule has 0 bridgehead atoms. The molecule has 118 valence electrons. The van der Waals surface area contributed by atoms with Crippen LogP contribution >= 0.6 is 0 Å². The first-order valence-corrected chi connectivity index (χ1v) is 8.07. The second kappa shape index (κ2) is 6.12. The fourth-order valence-corrected chi connectivity index (χ4v) is 3.59. The number of imidazole rings is 1. The Morgan fingerprint density at radius 1 is 1.57 bits per heavy atom. The molecule has 1 saturated heterocycles. The van der Waals surface area contributed by atoms with Crippen LogP contribution in [0.15, 0.2) is 11.2 Å². The summed E-state index contributed by atoms with van der Waals surface area (Å²) < 4.78 is 37.9. The number of rotatable bonds is 4. The summed E-state index contributed by atoms with van der Waals surface area (Å²) in [5.74, 6) is 0.0546. The van der Waals surface area contributed by atoms with Crippen molar-refractivity contribution in [1.29, 1.82) is 0 Å². The minimum atomic E-state index is -3.73. The average Bonchev–Trinajstić information content (AvgIpc) is 2.88. The van der Waals surface area contributed by atoms with Crippen molar-refractivity contribution >= 4 is 16.0 Å². The zero-order valence-electron chi connectivity index (χ0n) is 12.3. The second-order valence-electron chi connectivity index (χ2n) is 4.66. The Morgan fingerprint density at radius 3 is 2.86 bits per heavy atom. The van der Waals surface area contributed by atoms with Gasteiger partial charge in [-0.15, -0.1) is 0 Å². The Balaban J connectivity index is 2.24. The molecule has 0 aromatic carbocycles. The fourth-order valence-electron chi connectivity index (χ4n) is 2.17. The number of carbonyl (C=O) groups excluding carboxylic acids is 1. The van der Waals surface area contributed by atoms with Gasteiger partial charge in [0, 0.05) is 19.3 Å². The van der Waals surface area contributed by atoms with E-state index in [9.17, 15) is 13.2 Å². The molecular weight excluding hydrogens is 298 g/mol. The highest BCUT2D eigenvalue weighted by molar-refractivity contribution is 7.89. The standard InChI is InChI=1S/C12H19N3O5S/c1-4-14-8-11(13-9(14)2)21(17,18)15-5-6-20-10(7-15)12(16)19-3/h8,10H,4-7H2,1-3H3. The van der Waals surface area contributed by atoms with Crippen LogP contribution in [0.2, 0.25) is 0 Å². The lowest BCUT2D eigenvalue weighted by Gasteiger charge is -2.29. The summed E-state index contributed by atoms with van der Waals surface area (Å²) in [4.78, 5) is 15.6. The molecule has 1 aliphatic rings. The molecular formula is C12H19N3O5S. The summed E-state index contributed by atoms with van der Waals surface area (Å²) in [5, 5.41) is -0.00707. The van der Waals surface area contributed by atoms with Gasteiger partial charge in [-0.25, -0.2) is 18.2 Å². The first kappa shape index (κ1) is 15.9. The maximum absolute atomic E-state index is 12.6. The van der Waals surface area contributed by atoms with Gasteiger partial charge in [0.2, 0.25) is 0 Å². The van der Waals surface area contributed by atoms with E-state index in [1.165, 1.54) is 17.6 Å². The van der Waals surface area contributed by atoms with Crippen molar-refractivity contribution in [2.45, 2.75) is 31.5 Å². The molecule has 9 heteroatoms. The van der Waals surface area contributed by atoms with E-state index in [-0.39, 0.29) is 24.7 Å². The van der Waals surface area contributed by atoms with Gasteiger partial charge in [-0.3, -0.25) is 0 Å². The van der Waals surface area contributed by atoms with Crippen LogP contribution in [-0.4, -0.2) is 61.2 Å². The van der Waals surface area contributed by atoms with Crippen molar-refractivity contribution in [2.75, 3.05) is 26.8 Å². The number of aromatic nitrogens is 2. The van der Waals surface area contributed by atoms with Crippen LogP contribution in [0.5, 0.6) is 0 Å². The molecule has 2 rings (SSSR count). The monoisotopic (exact) mass is 317 g/mol. The summed E-state index contributed by atoms with van der Waals surface area (Å²) >= 11 is 0. The molecule has 1 aromatic rings. The number of hydrogen-bond acceptors (Lipinski definition) is 6. The Morgan fingerprint density at radius 2 is 2.29 bits per heavy atom. The van der Waals surface area contributed by atoms with Gasteiger partial charge in [-0.1, -0.05) is 0 Å². The highest BCUT2D eigenvalue weighted by Crippen LogP contribution is 2.19. The second-order valence-corrected chi connectivity index (χ2v) is 6.54. The van der Waals surface area contributed by atoms with Crippen LogP contribution in [0.25, 0.3) is 0 Å². The molecule has 8 nitrogen and oxygen atoms in total. The van der Waals surface area contributed by atoms with E-state index in [1.54, 1.807) is 11.5 Å². The molecule has 21 heavy (non-hydrogen) atoms. The van der Waals surface area contributed by atoms with Gasteiger partial charge in [0.15, 0.2) is 11.1 Å². The van der Waals surface area contributed by atoms with Crippen LogP contribution < -0.4 is 0 Å². The van der Waals surface area contributed by atoms with E-state index < -0.39 is 22.1 Å². The van der Waals surface area contributed by atoms with Crippen LogP contribution in [0.3, 0.4) is 0 Å². The third-order valence-corrected chi connectivity index (χ3v) is 5.13. The quantitative estimate of drug-likeness (QED) is 0.713. The van der Waals surface area contributed by atoms with Crippen molar-refractivity contribution in [3.8, 4) is 0 Å². The molecule has 0 spiro atoms. The van der Waals surface area contributed by atoms with Crippen molar-refractivity contribution < 1.29 is 22.7 Å². The molecule has 1 fully saturated rings. The number of esters is 1. The number of sulfonamides is 1. The summed E-state index contributed by atoms with van der Waals surface area (Å²) in [5.41, 5.74) is 0. The van der Waals surface area contributed by atoms with E-state index >= 15 is 0 Å². The minimum absolute atomic E-state index is 0.00707. The van der Waals surface area contributed by atoms with Gasteiger partial charge >= 0.3 is 5.97 Å². The molecule has 1 aliphatic heterocycles. The predicted molar refractivity (Wildman–Crippen MR) is 73.2 cm³/mol. The summed E-state index contributed by atoms with van der Waals surface area (Å²) in [7, 11) is -2.49. The third-order valence-electron chi connectivity index (χ3n) is 3.39. The predicted octanol–water partition coefficient (Wildman–Crippen LogP) is -0.226. The number of morpholine rings is 1. The van der Waals surface area contributed by atoms with Gasteiger partial charge in [-0.2, -0.15) is 4.31 Å². The average molecular weight is 317 g/mol. The highest BCUT2D eigenvalue weighted by Gasteiger charge is 2.35. The lowest BCUT2D eigenvalue weighted by Crippen LogP contribution is -2.48. The Bertz CT molecular complexity index is 625. The number of nitrogens with zero attached hydrogens (tertiary/aromatic N) is 3. The van der Waals surface area contributed by atoms with Crippen molar-refractivity contribution in [2.24, 2.45) is 0 Å². The lowest BCUT2D eigenvalue weighted by molar-refractivity contribution is -0.157. The molecule has 0 aliphatic carbocycles. The smallest absolute Gasteiger partial charge is 0.336 e.